The molecule has 4 nitrogen and oxygen atoms in total. The van der Waals surface area contributed by atoms with Gasteiger partial charge in [0.05, 0.1) is 4.88 Å². The molecule has 3 aromatic rings. The first-order valence-corrected chi connectivity index (χ1v) is 8.93. The van der Waals surface area contributed by atoms with Gasteiger partial charge in [0.1, 0.15) is 18.1 Å². The number of ether oxygens (including phenoxy) is 2. The molecule has 0 unspecified atom stereocenters. The number of amides is 1. The molecular formula is C18H13Cl2NO3S. The molecule has 128 valence electrons. The van der Waals surface area contributed by atoms with Crippen LogP contribution in [-0.4, -0.2) is 6.09 Å². The maximum absolute atomic E-state index is 11.9. The van der Waals surface area contributed by atoms with Crippen LogP contribution in [0.1, 0.15) is 4.88 Å². The van der Waals surface area contributed by atoms with Crippen molar-refractivity contribution in [2.24, 2.45) is 0 Å². The zero-order valence-corrected chi connectivity index (χ0v) is 15.2. The van der Waals surface area contributed by atoms with Gasteiger partial charge in [-0.2, -0.15) is 0 Å². The Morgan fingerprint density at radius 3 is 2.48 bits per heavy atom. The van der Waals surface area contributed by atoms with Crippen molar-refractivity contribution in [3.05, 3.63) is 74.9 Å². The number of hydrogen-bond donors (Lipinski definition) is 1. The summed E-state index contributed by atoms with van der Waals surface area (Å²) < 4.78 is 11.0. The van der Waals surface area contributed by atoms with Gasteiger partial charge in [-0.3, -0.25) is 5.32 Å². The average molecular weight is 394 g/mol. The largest absolute Gasteiger partial charge is 0.456 e. The van der Waals surface area contributed by atoms with E-state index in [4.69, 9.17) is 32.7 Å². The zero-order valence-electron chi connectivity index (χ0n) is 12.9. The Bertz CT molecular complexity index is 848. The van der Waals surface area contributed by atoms with Crippen molar-refractivity contribution in [2.45, 2.75) is 6.61 Å². The number of nitrogens with one attached hydrogen (secondary N) is 1. The lowest BCUT2D eigenvalue weighted by Crippen LogP contribution is -2.13. The Morgan fingerprint density at radius 2 is 1.76 bits per heavy atom. The lowest BCUT2D eigenvalue weighted by molar-refractivity contribution is 0.155. The normalized spacial score (nSPS) is 10.3. The summed E-state index contributed by atoms with van der Waals surface area (Å²) in [6.45, 7) is 0.0972. The van der Waals surface area contributed by atoms with E-state index in [1.165, 1.54) is 11.3 Å². The Hall–Kier alpha value is -2.21. The van der Waals surface area contributed by atoms with Crippen molar-refractivity contribution in [2.75, 3.05) is 5.32 Å². The second kappa shape index (κ2) is 8.25. The molecule has 0 spiro atoms. The Morgan fingerprint density at radius 1 is 1.04 bits per heavy atom. The van der Waals surface area contributed by atoms with E-state index in [0.29, 0.717) is 21.5 Å². The minimum Gasteiger partial charge on any atom is -0.456 e. The molecule has 1 N–H and O–H groups in total. The molecule has 0 aliphatic carbocycles. The highest BCUT2D eigenvalue weighted by atomic mass is 35.5. The molecule has 1 amide bonds. The first kappa shape index (κ1) is 17.6. The summed E-state index contributed by atoms with van der Waals surface area (Å²) in [5.74, 6) is 1.38. The molecule has 0 aliphatic heterocycles. The third-order valence-corrected chi connectivity index (χ3v) is 4.43. The Labute approximate surface area is 158 Å². The van der Waals surface area contributed by atoms with Crippen LogP contribution in [0.3, 0.4) is 0 Å². The van der Waals surface area contributed by atoms with Crippen molar-refractivity contribution in [3.63, 3.8) is 0 Å². The first-order chi connectivity index (χ1) is 12.1. The smallest absolute Gasteiger partial charge is 0.411 e. The van der Waals surface area contributed by atoms with E-state index >= 15 is 0 Å². The number of hydrogen-bond acceptors (Lipinski definition) is 4. The molecule has 25 heavy (non-hydrogen) atoms. The summed E-state index contributed by atoms with van der Waals surface area (Å²) in [4.78, 5) is 12.8. The van der Waals surface area contributed by atoms with Crippen LogP contribution in [0, 0.1) is 0 Å². The highest BCUT2D eigenvalue weighted by Crippen LogP contribution is 2.30. The van der Waals surface area contributed by atoms with E-state index in [9.17, 15) is 4.79 Å². The van der Waals surface area contributed by atoms with Crippen LogP contribution < -0.4 is 10.1 Å². The van der Waals surface area contributed by atoms with Gasteiger partial charge >= 0.3 is 6.09 Å². The minimum absolute atomic E-state index is 0.0972. The van der Waals surface area contributed by atoms with Crippen LogP contribution in [0.4, 0.5) is 10.5 Å². The number of anilines is 1. The van der Waals surface area contributed by atoms with Gasteiger partial charge in [0, 0.05) is 15.7 Å². The number of para-hydroxylation sites is 1. The fourth-order valence-electron chi connectivity index (χ4n) is 2.05. The van der Waals surface area contributed by atoms with Gasteiger partial charge < -0.3 is 9.47 Å². The topological polar surface area (TPSA) is 47.6 Å². The van der Waals surface area contributed by atoms with Crippen LogP contribution in [0.5, 0.6) is 11.5 Å². The van der Waals surface area contributed by atoms with Crippen LogP contribution in [-0.2, 0) is 11.3 Å². The third kappa shape index (κ3) is 5.13. The maximum Gasteiger partial charge on any atom is 0.411 e. The molecule has 0 radical (unpaired) electrons. The average Bonchev–Trinajstić information content (AvgIpc) is 3.00. The molecule has 7 heteroatoms. The predicted octanol–water partition coefficient (Wildman–Crippen LogP) is 6.60. The highest BCUT2D eigenvalue weighted by Gasteiger charge is 2.11. The van der Waals surface area contributed by atoms with Crippen LogP contribution in [0.25, 0.3) is 0 Å². The van der Waals surface area contributed by atoms with Crippen molar-refractivity contribution in [1.29, 1.82) is 0 Å². The van der Waals surface area contributed by atoms with Gasteiger partial charge in [0.15, 0.2) is 0 Å². The molecule has 0 saturated carbocycles. The van der Waals surface area contributed by atoms with E-state index in [1.807, 2.05) is 41.8 Å². The summed E-state index contributed by atoms with van der Waals surface area (Å²) >= 11 is 13.2. The number of thiophene rings is 1. The molecule has 3 rings (SSSR count). The molecule has 0 fully saturated rings. The quantitative estimate of drug-likeness (QED) is 0.531. The molecule has 1 heterocycles. The molecule has 1 aromatic heterocycles. The lowest BCUT2D eigenvalue weighted by atomic mass is 10.3. The van der Waals surface area contributed by atoms with Gasteiger partial charge in [-0.05, 0) is 41.8 Å². The molecule has 0 atom stereocenters. The van der Waals surface area contributed by atoms with Crippen molar-refractivity contribution < 1.29 is 14.3 Å². The fraction of sp³-hybridized carbons (Fsp3) is 0.0556. The Kier molecular flexibility index (Phi) is 5.81. The number of carbonyl (C=O) groups excluding carboxylic acids is 1. The Balaban J connectivity index is 1.58. The fourth-order valence-corrected chi connectivity index (χ4v) is 3.29. The van der Waals surface area contributed by atoms with E-state index in [2.05, 4.69) is 5.32 Å². The number of halogens is 2. The van der Waals surface area contributed by atoms with Crippen LogP contribution >= 0.6 is 34.5 Å². The van der Waals surface area contributed by atoms with Gasteiger partial charge in [0.25, 0.3) is 0 Å². The summed E-state index contributed by atoms with van der Waals surface area (Å²) in [6.07, 6.45) is -0.600. The third-order valence-electron chi connectivity index (χ3n) is 3.12. The van der Waals surface area contributed by atoms with Crippen LogP contribution in [0.2, 0.25) is 10.0 Å². The van der Waals surface area contributed by atoms with E-state index < -0.39 is 6.09 Å². The minimum atomic E-state index is -0.600. The van der Waals surface area contributed by atoms with Gasteiger partial charge in [-0.25, -0.2) is 4.79 Å². The second-order valence-corrected chi connectivity index (χ2v) is 6.86. The second-order valence-electron chi connectivity index (χ2n) is 4.98. The van der Waals surface area contributed by atoms with E-state index in [1.54, 1.807) is 18.2 Å². The number of rotatable bonds is 5. The molecule has 0 saturated heterocycles. The van der Waals surface area contributed by atoms with Crippen LogP contribution in [0.15, 0.2) is 60.0 Å². The summed E-state index contributed by atoms with van der Waals surface area (Å²) in [6, 6.07) is 16.0. The van der Waals surface area contributed by atoms with Gasteiger partial charge in [-0.15, -0.1) is 11.3 Å². The molecule has 0 bridgehead atoms. The highest BCUT2D eigenvalue weighted by molar-refractivity contribution is 7.10. The van der Waals surface area contributed by atoms with Crippen molar-refractivity contribution in [3.8, 4) is 11.5 Å². The summed E-state index contributed by atoms with van der Waals surface area (Å²) in [5.41, 5.74) is 0.467. The van der Waals surface area contributed by atoms with E-state index in [-0.39, 0.29) is 6.61 Å². The number of benzene rings is 2. The molecule has 0 aliphatic rings. The van der Waals surface area contributed by atoms with Crippen molar-refractivity contribution in [1.82, 2.24) is 0 Å². The number of carbonyl (C=O) groups is 1. The molecular weight excluding hydrogens is 381 g/mol. The molecule has 2 aromatic carbocycles. The van der Waals surface area contributed by atoms with Crippen molar-refractivity contribution >= 4 is 46.3 Å². The summed E-state index contributed by atoms with van der Waals surface area (Å²) in [7, 11) is 0. The van der Waals surface area contributed by atoms with Gasteiger partial charge in [0.2, 0.25) is 0 Å². The van der Waals surface area contributed by atoms with E-state index in [0.717, 1.165) is 10.6 Å². The zero-order chi connectivity index (χ0) is 17.6. The SMILES string of the molecule is O=C(Nc1cc(Cl)cc(Cl)c1)OCc1sccc1Oc1ccccc1. The maximum atomic E-state index is 11.9. The standard InChI is InChI=1S/C18H13Cl2NO3S/c19-12-8-13(20)10-14(9-12)21-18(22)23-11-17-16(6-7-25-17)24-15-4-2-1-3-5-15/h1-10H,11H2,(H,21,22). The predicted molar refractivity (Wildman–Crippen MR) is 101 cm³/mol. The monoisotopic (exact) mass is 393 g/mol. The first-order valence-electron chi connectivity index (χ1n) is 7.29. The van der Waals surface area contributed by atoms with Gasteiger partial charge in [-0.1, -0.05) is 41.4 Å². The lowest BCUT2D eigenvalue weighted by Gasteiger charge is -2.09. The summed E-state index contributed by atoms with van der Waals surface area (Å²) in [5, 5.41) is 5.33.